The molecule has 0 fully saturated rings. The number of hydrogen-bond acceptors (Lipinski definition) is 7. The van der Waals surface area contributed by atoms with Gasteiger partial charge >= 0.3 is 6.09 Å². The summed E-state index contributed by atoms with van der Waals surface area (Å²) in [6, 6.07) is 3.31. The first-order valence-corrected chi connectivity index (χ1v) is 7.08. The Labute approximate surface area is 141 Å². The molecule has 1 aliphatic rings. The monoisotopic (exact) mass is 350 g/mol. The number of nitro groups is 1. The molecule has 0 spiro atoms. The minimum Gasteiger partial charge on any atom is -0.453 e. The Kier molecular flexibility index (Phi) is 5.27. The molecule has 1 aromatic rings. The molecule has 1 heterocycles. The molecule has 4 amide bonds. The fourth-order valence-electron chi connectivity index (χ4n) is 2.17. The average molecular weight is 350 g/mol. The number of rotatable bonds is 6. The first-order valence-electron chi connectivity index (χ1n) is 7.08. The zero-order valence-electron chi connectivity index (χ0n) is 13.1. The quantitative estimate of drug-likeness (QED) is 0.309. The number of imide groups is 1. The van der Waals surface area contributed by atoms with Gasteiger partial charge in [-0.2, -0.15) is 0 Å². The lowest BCUT2D eigenvalue weighted by Gasteiger charge is -2.13. The standard InChI is InChI=1S/C14H14N4O7/c1-25-14(22)16-5-4-15-11(19)7-17-12(20)9-3-2-8(18(23)24)6-10(9)13(17)21/h2-3,6H,4-5,7H2,1H3,(H,15,19)(H,16,22). The van der Waals surface area contributed by atoms with E-state index >= 15 is 0 Å². The maximum Gasteiger partial charge on any atom is 0.406 e. The van der Waals surface area contributed by atoms with E-state index in [4.69, 9.17) is 0 Å². The smallest absolute Gasteiger partial charge is 0.406 e. The van der Waals surface area contributed by atoms with Crippen molar-refractivity contribution in [2.75, 3.05) is 26.7 Å². The number of methoxy groups -OCH3 is 1. The lowest BCUT2D eigenvalue weighted by Crippen LogP contribution is -2.42. The number of carbonyl (C=O) groups excluding carboxylic acids is 4. The molecule has 0 aromatic heterocycles. The van der Waals surface area contributed by atoms with Crippen LogP contribution in [0.5, 0.6) is 0 Å². The predicted molar refractivity (Wildman–Crippen MR) is 81.9 cm³/mol. The summed E-state index contributed by atoms with van der Waals surface area (Å²) < 4.78 is 4.35. The molecule has 0 unspecified atom stereocenters. The minimum atomic E-state index is -0.772. The highest BCUT2D eigenvalue weighted by atomic mass is 16.6. The third-order valence-corrected chi connectivity index (χ3v) is 3.37. The molecule has 25 heavy (non-hydrogen) atoms. The van der Waals surface area contributed by atoms with Crippen molar-refractivity contribution in [2.24, 2.45) is 0 Å². The molecule has 11 nitrogen and oxygen atoms in total. The Morgan fingerprint density at radius 1 is 1.16 bits per heavy atom. The van der Waals surface area contributed by atoms with Crippen LogP contribution in [0.3, 0.4) is 0 Å². The fourth-order valence-corrected chi connectivity index (χ4v) is 2.17. The molecule has 1 aliphatic heterocycles. The van der Waals surface area contributed by atoms with Crippen LogP contribution >= 0.6 is 0 Å². The van der Waals surface area contributed by atoms with Crippen molar-refractivity contribution in [1.29, 1.82) is 0 Å². The number of hydrogen-bond donors (Lipinski definition) is 2. The summed E-state index contributed by atoms with van der Waals surface area (Å²) in [6.07, 6.45) is -0.656. The molecule has 1 aromatic carbocycles. The number of benzene rings is 1. The minimum absolute atomic E-state index is 0.00996. The summed E-state index contributed by atoms with van der Waals surface area (Å²) in [6.45, 7) is -0.354. The summed E-state index contributed by atoms with van der Waals surface area (Å²) in [7, 11) is 1.19. The Morgan fingerprint density at radius 3 is 2.44 bits per heavy atom. The van der Waals surface area contributed by atoms with Gasteiger partial charge in [0.15, 0.2) is 0 Å². The van der Waals surface area contributed by atoms with Crippen LogP contribution in [-0.4, -0.2) is 60.4 Å². The molecule has 2 N–H and O–H groups in total. The van der Waals surface area contributed by atoms with Crippen LogP contribution in [0.25, 0.3) is 0 Å². The Morgan fingerprint density at radius 2 is 1.80 bits per heavy atom. The zero-order chi connectivity index (χ0) is 18.6. The van der Waals surface area contributed by atoms with E-state index in [2.05, 4.69) is 15.4 Å². The van der Waals surface area contributed by atoms with Gasteiger partial charge in [-0.1, -0.05) is 0 Å². The third-order valence-electron chi connectivity index (χ3n) is 3.37. The second-order valence-corrected chi connectivity index (χ2v) is 4.95. The number of nitrogens with one attached hydrogen (secondary N) is 2. The number of ether oxygens (including phenoxy) is 1. The van der Waals surface area contributed by atoms with Gasteiger partial charge in [-0.05, 0) is 6.07 Å². The van der Waals surface area contributed by atoms with Gasteiger partial charge in [-0.15, -0.1) is 0 Å². The van der Waals surface area contributed by atoms with Crippen LogP contribution in [0.15, 0.2) is 18.2 Å². The zero-order valence-corrected chi connectivity index (χ0v) is 13.1. The van der Waals surface area contributed by atoms with E-state index < -0.39 is 35.3 Å². The topological polar surface area (TPSA) is 148 Å². The highest BCUT2D eigenvalue weighted by molar-refractivity contribution is 6.22. The van der Waals surface area contributed by atoms with E-state index in [0.29, 0.717) is 4.90 Å². The van der Waals surface area contributed by atoms with Crippen LogP contribution in [0.2, 0.25) is 0 Å². The van der Waals surface area contributed by atoms with E-state index in [1.54, 1.807) is 0 Å². The Balaban J connectivity index is 1.96. The highest BCUT2D eigenvalue weighted by Gasteiger charge is 2.37. The molecule has 132 valence electrons. The second-order valence-electron chi connectivity index (χ2n) is 4.95. The lowest BCUT2D eigenvalue weighted by molar-refractivity contribution is -0.384. The van der Waals surface area contributed by atoms with Crippen molar-refractivity contribution >= 4 is 29.5 Å². The van der Waals surface area contributed by atoms with Crippen molar-refractivity contribution in [3.05, 3.63) is 39.4 Å². The second kappa shape index (κ2) is 7.38. The number of alkyl carbamates (subject to hydrolysis) is 1. The van der Waals surface area contributed by atoms with Gasteiger partial charge in [0.1, 0.15) is 6.54 Å². The van der Waals surface area contributed by atoms with Gasteiger partial charge in [-0.3, -0.25) is 29.4 Å². The molecule has 0 saturated heterocycles. The number of non-ortho nitro benzene ring substituents is 1. The van der Waals surface area contributed by atoms with Gasteiger partial charge < -0.3 is 15.4 Å². The molecule has 0 saturated carbocycles. The van der Waals surface area contributed by atoms with Crippen LogP contribution in [0.1, 0.15) is 20.7 Å². The number of fused-ring (bicyclic) bond motifs is 1. The van der Waals surface area contributed by atoms with E-state index in [1.807, 2.05) is 0 Å². The van der Waals surface area contributed by atoms with E-state index in [9.17, 15) is 29.3 Å². The lowest BCUT2D eigenvalue weighted by atomic mass is 10.1. The molecular formula is C14H14N4O7. The van der Waals surface area contributed by atoms with Crippen molar-refractivity contribution < 1.29 is 28.8 Å². The highest BCUT2D eigenvalue weighted by Crippen LogP contribution is 2.26. The van der Waals surface area contributed by atoms with Crippen molar-refractivity contribution in [1.82, 2.24) is 15.5 Å². The van der Waals surface area contributed by atoms with Crippen LogP contribution in [-0.2, 0) is 9.53 Å². The van der Waals surface area contributed by atoms with Gasteiger partial charge in [0.25, 0.3) is 17.5 Å². The molecule has 0 radical (unpaired) electrons. The van der Waals surface area contributed by atoms with Crippen molar-refractivity contribution in [3.8, 4) is 0 Å². The number of nitrogens with zero attached hydrogens (tertiary/aromatic N) is 2. The van der Waals surface area contributed by atoms with Crippen molar-refractivity contribution in [3.63, 3.8) is 0 Å². The van der Waals surface area contributed by atoms with Gasteiger partial charge in [0.2, 0.25) is 5.91 Å². The summed E-state index contributed by atoms with van der Waals surface area (Å²) in [5.74, 6) is -2.08. The summed E-state index contributed by atoms with van der Waals surface area (Å²) in [5.41, 5.74) is -0.421. The SMILES string of the molecule is COC(=O)NCCNC(=O)CN1C(=O)c2ccc([N+](=O)[O-])cc2C1=O. The number of nitro benzene ring substituents is 1. The summed E-state index contributed by atoms with van der Waals surface area (Å²) in [4.78, 5) is 57.8. The maximum absolute atomic E-state index is 12.2. The normalized spacial score (nSPS) is 12.6. The van der Waals surface area contributed by atoms with E-state index in [0.717, 1.165) is 12.1 Å². The largest absolute Gasteiger partial charge is 0.453 e. The number of amides is 4. The van der Waals surface area contributed by atoms with Crippen LogP contribution < -0.4 is 10.6 Å². The predicted octanol–water partition coefficient (Wildman–Crippen LogP) is -0.337. The molecule has 11 heteroatoms. The summed E-state index contributed by atoms with van der Waals surface area (Å²) in [5, 5.41) is 15.5. The van der Waals surface area contributed by atoms with E-state index in [1.165, 1.54) is 13.2 Å². The van der Waals surface area contributed by atoms with Gasteiger partial charge in [0.05, 0.1) is 23.2 Å². The molecule has 0 aliphatic carbocycles. The summed E-state index contributed by atoms with van der Waals surface area (Å²) >= 11 is 0. The Hall–Kier alpha value is -3.50. The van der Waals surface area contributed by atoms with Crippen molar-refractivity contribution in [2.45, 2.75) is 0 Å². The molecule has 0 atom stereocenters. The maximum atomic E-state index is 12.2. The number of carbonyl (C=O) groups is 4. The van der Waals surface area contributed by atoms with Gasteiger partial charge in [-0.25, -0.2) is 4.79 Å². The first-order chi connectivity index (χ1) is 11.8. The first kappa shape index (κ1) is 17.8. The van der Waals surface area contributed by atoms with E-state index in [-0.39, 0.29) is 29.9 Å². The Bertz CT molecular complexity index is 762. The van der Waals surface area contributed by atoms with Gasteiger partial charge in [0, 0.05) is 25.2 Å². The fraction of sp³-hybridized carbons (Fsp3) is 0.286. The molecule has 0 bridgehead atoms. The molecule has 2 rings (SSSR count). The van der Waals surface area contributed by atoms with Crippen LogP contribution in [0.4, 0.5) is 10.5 Å². The molecular weight excluding hydrogens is 336 g/mol. The third kappa shape index (κ3) is 3.88. The van der Waals surface area contributed by atoms with Crippen LogP contribution in [0, 0.1) is 10.1 Å². The average Bonchev–Trinajstić information content (AvgIpc) is 2.83.